The van der Waals surface area contributed by atoms with Gasteiger partial charge in [0.25, 0.3) is 0 Å². The smallest absolute Gasteiger partial charge is 0.493 e. The molecule has 5 nitrogen and oxygen atoms in total. The summed E-state index contributed by atoms with van der Waals surface area (Å²) in [4.78, 5) is 0. The normalized spacial score (nSPS) is 11.8. The summed E-state index contributed by atoms with van der Waals surface area (Å²) in [6, 6.07) is 4.23. The van der Waals surface area contributed by atoms with Crippen molar-refractivity contribution in [2.75, 3.05) is 13.2 Å². The molecule has 1 heterocycles. The van der Waals surface area contributed by atoms with Crippen molar-refractivity contribution >= 4 is 12.4 Å². The Hall–Kier alpha value is -1.93. The lowest BCUT2D eigenvalue weighted by atomic mass is 9.98. The van der Waals surface area contributed by atoms with E-state index in [9.17, 15) is 13.2 Å². The fourth-order valence-corrected chi connectivity index (χ4v) is 2.10. The fraction of sp³-hybridized carbons (Fsp3) is 0.471. The van der Waals surface area contributed by atoms with Crippen molar-refractivity contribution in [3.8, 4) is 22.6 Å². The number of halogens is 4. The molecule has 0 bridgehead atoms. The van der Waals surface area contributed by atoms with E-state index in [0.717, 1.165) is 0 Å². The maximum Gasteiger partial charge on any atom is 0.573 e. The second-order valence-corrected chi connectivity index (χ2v) is 6.84. The maximum absolute atomic E-state index is 12.7. The highest BCUT2D eigenvalue weighted by Crippen LogP contribution is 2.36. The fourth-order valence-electron chi connectivity index (χ4n) is 2.10. The SMILES string of the molecule is CC(C)(C)COc1ccc(OC(F)(F)F)c(-c2cnn(CCN)c2)c1.Cl. The number of hydrogen-bond donors (Lipinski definition) is 1. The van der Waals surface area contributed by atoms with Crippen molar-refractivity contribution in [3.63, 3.8) is 0 Å². The number of rotatable bonds is 6. The average molecular weight is 394 g/mol. The Kier molecular flexibility index (Phi) is 7.35. The molecular formula is C17H23ClF3N3O2. The number of nitrogens with two attached hydrogens (primary N) is 1. The van der Waals surface area contributed by atoms with E-state index in [1.165, 1.54) is 24.4 Å². The van der Waals surface area contributed by atoms with Gasteiger partial charge in [0.15, 0.2) is 0 Å². The average Bonchev–Trinajstić information content (AvgIpc) is 2.92. The molecule has 1 aromatic carbocycles. The monoisotopic (exact) mass is 393 g/mol. The van der Waals surface area contributed by atoms with Gasteiger partial charge >= 0.3 is 6.36 Å². The molecule has 1 aromatic heterocycles. The molecule has 0 aliphatic heterocycles. The van der Waals surface area contributed by atoms with E-state index in [0.29, 0.717) is 31.0 Å². The van der Waals surface area contributed by atoms with Gasteiger partial charge in [-0.05, 0) is 23.6 Å². The molecule has 2 aromatic rings. The Labute approximate surface area is 156 Å². The Morgan fingerprint density at radius 3 is 2.46 bits per heavy atom. The lowest BCUT2D eigenvalue weighted by Gasteiger charge is -2.20. The van der Waals surface area contributed by atoms with Gasteiger partial charge in [0.05, 0.1) is 19.3 Å². The number of alkyl halides is 3. The molecule has 2 rings (SSSR count). The molecule has 0 fully saturated rings. The zero-order valence-electron chi connectivity index (χ0n) is 14.8. The lowest BCUT2D eigenvalue weighted by molar-refractivity contribution is -0.274. The minimum Gasteiger partial charge on any atom is -0.493 e. The summed E-state index contributed by atoms with van der Waals surface area (Å²) in [6.45, 7) is 7.29. The van der Waals surface area contributed by atoms with E-state index in [1.54, 1.807) is 10.9 Å². The Morgan fingerprint density at radius 1 is 1.19 bits per heavy atom. The highest BCUT2D eigenvalue weighted by molar-refractivity contribution is 5.85. The topological polar surface area (TPSA) is 62.3 Å². The van der Waals surface area contributed by atoms with Gasteiger partial charge < -0.3 is 15.2 Å². The molecule has 0 saturated carbocycles. The molecule has 9 heteroatoms. The Bertz CT molecular complexity index is 712. The molecule has 0 unspecified atom stereocenters. The summed E-state index contributed by atoms with van der Waals surface area (Å²) in [5.41, 5.74) is 6.15. The van der Waals surface area contributed by atoms with Crippen LogP contribution in [0.2, 0.25) is 0 Å². The van der Waals surface area contributed by atoms with Crippen LogP contribution in [0.4, 0.5) is 13.2 Å². The van der Waals surface area contributed by atoms with E-state index < -0.39 is 6.36 Å². The predicted octanol–water partition coefficient (Wildman–Crippen LogP) is 4.25. The zero-order chi connectivity index (χ0) is 18.7. The van der Waals surface area contributed by atoms with Crippen LogP contribution < -0.4 is 15.2 Å². The third-order valence-electron chi connectivity index (χ3n) is 3.15. The van der Waals surface area contributed by atoms with Gasteiger partial charge in [-0.2, -0.15) is 5.10 Å². The van der Waals surface area contributed by atoms with Crippen LogP contribution in [0.3, 0.4) is 0 Å². The molecule has 0 aliphatic carbocycles. The molecule has 26 heavy (non-hydrogen) atoms. The largest absolute Gasteiger partial charge is 0.573 e. The van der Waals surface area contributed by atoms with E-state index in [1.807, 2.05) is 20.8 Å². The number of ether oxygens (including phenoxy) is 2. The minimum absolute atomic E-state index is 0. The van der Waals surface area contributed by atoms with Crippen molar-refractivity contribution in [1.29, 1.82) is 0 Å². The van der Waals surface area contributed by atoms with Crippen LogP contribution in [0.25, 0.3) is 11.1 Å². The second-order valence-electron chi connectivity index (χ2n) is 6.84. The van der Waals surface area contributed by atoms with Crippen LogP contribution in [0.15, 0.2) is 30.6 Å². The van der Waals surface area contributed by atoms with Crippen molar-refractivity contribution in [2.24, 2.45) is 11.1 Å². The summed E-state index contributed by atoms with van der Waals surface area (Å²) < 4.78 is 49.4. The van der Waals surface area contributed by atoms with Gasteiger partial charge in [-0.3, -0.25) is 4.68 Å². The maximum atomic E-state index is 12.7. The van der Waals surface area contributed by atoms with Gasteiger partial charge in [0.2, 0.25) is 0 Å². The zero-order valence-corrected chi connectivity index (χ0v) is 15.7. The van der Waals surface area contributed by atoms with Crippen molar-refractivity contribution in [3.05, 3.63) is 30.6 Å². The van der Waals surface area contributed by atoms with Gasteiger partial charge in [0, 0.05) is 23.9 Å². The van der Waals surface area contributed by atoms with Crippen LogP contribution in [0.1, 0.15) is 20.8 Å². The predicted molar refractivity (Wildman–Crippen MR) is 95.6 cm³/mol. The standard InChI is InChI=1S/C17H22F3N3O2.ClH/c1-16(2,3)11-24-13-4-5-15(25-17(18,19)20)14(8-13)12-9-22-23(10-12)7-6-21;/h4-5,8-10H,6-7,11,21H2,1-3H3;1H. The molecular weight excluding hydrogens is 371 g/mol. The molecule has 2 N–H and O–H groups in total. The number of benzene rings is 1. The molecule has 0 spiro atoms. The first-order chi connectivity index (χ1) is 11.6. The van der Waals surface area contributed by atoms with E-state index >= 15 is 0 Å². The van der Waals surface area contributed by atoms with Crippen LogP contribution in [0.5, 0.6) is 11.5 Å². The lowest BCUT2D eigenvalue weighted by Crippen LogP contribution is -2.18. The Morgan fingerprint density at radius 2 is 1.88 bits per heavy atom. The minimum atomic E-state index is -4.78. The second kappa shape index (κ2) is 8.64. The van der Waals surface area contributed by atoms with Gasteiger partial charge in [-0.15, -0.1) is 25.6 Å². The first kappa shape index (κ1) is 22.1. The van der Waals surface area contributed by atoms with Gasteiger partial charge in [-0.25, -0.2) is 0 Å². The highest BCUT2D eigenvalue weighted by Gasteiger charge is 2.32. The van der Waals surface area contributed by atoms with Crippen molar-refractivity contribution in [2.45, 2.75) is 33.7 Å². The summed E-state index contributed by atoms with van der Waals surface area (Å²) in [5.74, 6) is 0.161. The molecule has 146 valence electrons. The quantitative estimate of drug-likeness (QED) is 0.796. The molecule has 0 saturated heterocycles. The molecule has 0 radical (unpaired) electrons. The van der Waals surface area contributed by atoms with Crippen LogP contribution in [-0.4, -0.2) is 29.3 Å². The first-order valence-corrected chi connectivity index (χ1v) is 7.83. The molecule has 0 amide bonds. The van der Waals surface area contributed by atoms with Crippen molar-refractivity contribution < 1.29 is 22.6 Å². The first-order valence-electron chi connectivity index (χ1n) is 7.83. The highest BCUT2D eigenvalue weighted by atomic mass is 35.5. The summed E-state index contributed by atoms with van der Waals surface area (Å²) >= 11 is 0. The van der Waals surface area contributed by atoms with Gasteiger partial charge in [0.1, 0.15) is 11.5 Å². The van der Waals surface area contributed by atoms with Crippen LogP contribution in [-0.2, 0) is 6.54 Å². The van der Waals surface area contributed by atoms with E-state index in [2.05, 4.69) is 9.84 Å². The Balaban J connectivity index is 0.00000338. The van der Waals surface area contributed by atoms with E-state index in [-0.39, 0.29) is 29.1 Å². The number of nitrogens with zero attached hydrogens (tertiary/aromatic N) is 2. The van der Waals surface area contributed by atoms with Crippen LogP contribution in [0, 0.1) is 5.41 Å². The number of hydrogen-bond acceptors (Lipinski definition) is 4. The van der Waals surface area contributed by atoms with E-state index in [4.69, 9.17) is 10.5 Å². The summed E-state index contributed by atoms with van der Waals surface area (Å²) in [6.07, 6.45) is -1.68. The summed E-state index contributed by atoms with van der Waals surface area (Å²) in [7, 11) is 0. The third-order valence-corrected chi connectivity index (χ3v) is 3.15. The van der Waals surface area contributed by atoms with Crippen molar-refractivity contribution in [1.82, 2.24) is 9.78 Å². The summed E-state index contributed by atoms with van der Waals surface area (Å²) in [5, 5.41) is 4.09. The number of aromatic nitrogens is 2. The third kappa shape index (κ3) is 6.76. The molecule has 0 atom stereocenters. The van der Waals surface area contributed by atoms with Gasteiger partial charge in [-0.1, -0.05) is 20.8 Å². The molecule has 0 aliphatic rings. The van der Waals surface area contributed by atoms with Crippen LogP contribution >= 0.6 is 12.4 Å².